The number of hydrogen-bond donors (Lipinski definition) is 0. The molecule has 2 nitrogen and oxygen atoms in total. The van der Waals surface area contributed by atoms with Crippen molar-refractivity contribution < 1.29 is 9.53 Å². The van der Waals surface area contributed by atoms with E-state index in [0.717, 1.165) is 19.3 Å². The van der Waals surface area contributed by atoms with Crippen molar-refractivity contribution in [2.45, 2.75) is 130 Å². The fraction of sp³-hybridized carbons (Fsp3) is 0.957. The Bertz CT molecular complexity index is 275. The largest absolute Gasteiger partial charge is 0.465 e. The molecule has 0 aromatic heterocycles. The number of hydrogen-bond acceptors (Lipinski definition) is 2. The maximum absolute atomic E-state index is 11.8. The minimum absolute atomic E-state index is 0.00930. The molecule has 0 fully saturated rings. The summed E-state index contributed by atoms with van der Waals surface area (Å²) < 4.78 is 5.40. The van der Waals surface area contributed by atoms with Crippen LogP contribution in [0.3, 0.4) is 0 Å². The third-order valence-electron chi connectivity index (χ3n) is 5.14. The SMILES string of the molecule is CCCCCCCCCCCCCCCOC(=O)C(C)CCCCC. The summed E-state index contributed by atoms with van der Waals surface area (Å²) in [6.45, 7) is 7.09. The molecule has 0 aliphatic rings. The topological polar surface area (TPSA) is 26.3 Å². The van der Waals surface area contributed by atoms with E-state index in [-0.39, 0.29) is 11.9 Å². The van der Waals surface area contributed by atoms with Gasteiger partial charge in [-0.2, -0.15) is 0 Å². The van der Waals surface area contributed by atoms with Gasteiger partial charge >= 0.3 is 5.97 Å². The Morgan fingerprint density at radius 2 is 1.04 bits per heavy atom. The van der Waals surface area contributed by atoms with Crippen molar-refractivity contribution >= 4 is 5.97 Å². The number of ether oxygens (including phenoxy) is 1. The Kier molecular flexibility index (Phi) is 19.4. The molecule has 0 aliphatic heterocycles. The molecule has 0 spiro atoms. The number of carbonyl (C=O) groups is 1. The second-order valence-corrected chi connectivity index (χ2v) is 7.81. The molecule has 0 aliphatic carbocycles. The summed E-state index contributed by atoms with van der Waals surface area (Å²) in [4.78, 5) is 11.8. The van der Waals surface area contributed by atoms with Crippen molar-refractivity contribution in [1.29, 1.82) is 0 Å². The van der Waals surface area contributed by atoms with Crippen molar-refractivity contribution in [3.63, 3.8) is 0 Å². The first-order chi connectivity index (χ1) is 12.2. The molecule has 1 unspecified atom stereocenters. The summed E-state index contributed by atoms with van der Waals surface area (Å²) in [5.74, 6) is 0.0866. The van der Waals surface area contributed by atoms with Crippen LogP contribution >= 0.6 is 0 Å². The highest BCUT2D eigenvalue weighted by Gasteiger charge is 2.13. The van der Waals surface area contributed by atoms with Gasteiger partial charge in [-0.05, 0) is 12.8 Å². The minimum Gasteiger partial charge on any atom is -0.465 e. The molecule has 150 valence electrons. The van der Waals surface area contributed by atoms with E-state index in [2.05, 4.69) is 13.8 Å². The van der Waals surface area contributed by atoms with Gasteiger partial charge in [-0.25, -0.2) is 0 Å². The van der Waals surface area contributed by atoms with Crippen LogP contribution in [0.5, 0.6) is 0 Å². The average Bonchev–Trinajstić information content (AvgIpc) is 2.61. The van der Waals surface area contributed by atoms with Crippen LogP contribution in [0.4, 0.5) is 0 Å². The van der Waals surface area contributed by atoms with Gasteiger partial charge in [-0.1, -0.05) is 117 Å². The van der Waals surface area contributed by atoms with Crippen LogP contribution in [-0.2, 0) is 9.53 Å². The van der Waals surface area contributed by atoms with Gasteiger partial charge in [-0.15, -0.1) is 0 Å². The molecular formula is C23H46O2. The molecule has 0 rings (SSSR count). The molecule has 0 N–H and O–H groups in total. The second-order valence-electron chi connectivity index (χ2n) is 7.81. The third kappa shape index (κ3) is 18.1. The Hall–Kier alpha value is -0.530. The van der Waals surface area contributed by atoms with E-state index in [0.29, 0.717) is 6.61 Å². The van der Waals surface area contributed by atoms with Crippen LogP contribution in [0.25, 0.3) is 0 Å². The van der Waals surface area contributed by atoms with Gasteiger partial charge in [0.25, 0.3) is 0 Å². The Labute approximate surface area is 158 Å². The van der Waals surface area contributed by atoms with E-state index in [9.17, 15) is 4.79 Å². The monoisotopic (exact) mass is 354 g/mol. The van der Waals surface area contributed by atoms with E-state index in [1.54, 1.807) is 0 Å². The van der Waals surface area contributed by atoms with Gasteiger partial charge in [0.2, 0.25) is 0 Å². The Morgan fingerprint density at radius 3 is 1.52 bits per heavy atom. The number of carbonyl (C=O) groups excluding carboxylic acids is 1. The molecule has 2 heteroatoms. The smallest absolute Gasteiger partial charge is 0.308 e. The first-order valence-corrected chi connectivity index (χ1v) is 11.4. The molecule has 1 atom stereocenters. The lowest BCUT2D eigenvalue weighted by atomic mass is 10.0. The fourth-order valence-corrected chi connectivity index (χ4v) is 3.25. The normalized spacial score (nSPS) is 12.3. The number of esters is 1. The van der Waals surface area contributed by atoms with Gasteiger partial charge in [0.1, 0.15) is 0 Å². The van der Waals surface area contributed by atoms with Crippen molar-refractivity contribution in [3.05, 3.63) is 0 Å². The Balaban J connectivity index is 3.21. The lowest BCUT2D eigenvalue weighted by Gasteiger charge is -2.11. The molecule has 0 amide bonds. The molecule has 0 saturated carbocycles. The number of rotatable bonds is 19. The molecule has 0 heterocycles. The summed E-state index contributed by atoms with van der Waals surface area (Å²) in [5.41, 5.74) is 0. The standard InChI is InChI=1S/C23H46O2/c1-4-6-8-9-10-11-12-13-14-15-16-17-19-21-25-23(24)22(3)20-18-7-5-2/h22H,4-21H2,1-3H3. The van der Waals surface area contributed by atoms with Gasteiger partial charge in [-0.3, -0.25) is 4.79 Å². The van der Waals surface area contributed by atoms with Crippen molar-refractivity contribution in [2.24, 2.45) is 5.92 Å². The van der Waals surface area contributed by atoms with Gasteiger partial charge < -0.3 is 4.74 Å². The fourth-order valence-electron chi connectivity index (χ4n) is 3.25. The first kappa shape index (κ1) is 24.5. The van der Waals surface area contributed by atoms with Crippen LogP contribution in [0.1, 0.15) is 130 Å². The molecule has 25 heavy (non-hydrogen) atoms. The van der Waals surface area contributed by atoms with E-state index in [4.69, 9.17) is 4.74 Å². The molecular weight excluding hydrogens is 308 g/mol. The zero-order valence-corrected chi connectivity index (χ0v) is 17.6. The van der Waals surface area contributed by atoms with Crippen LogP contribution in [0, 0.1) is 5.92 Å². The van der Waals surface area contributed by atoms with Crippen LogP contribution in [0.2, 0.25) is 0 Å². The Morgan fingerprint density at radius 1 is 0.640 bits per heavy atom. The zero-order valence-electron chi connectivity index (χ0n) is 17.6. The predicted octanol–water partition coefficient (Wildman–Crippen LogP) is 7.84. The van der Waals surface area contributed by atoms with Crippen LogP contribution < -0.4 is 0 Å². The van der Waals surface area contributed by atoms with Crippen molar-refractivity contribution in [2.75, 3.05) is 6.61 Å². The zero-order chi connectivity index (χ0) is 18.6. The molecule has 0 radical (unpaired) electrons. The van der Waals surface area contributed by atoms with Crippen molar-refractivity contribution in [3.8, 4) is 0 Å². The van der Waals surface area contributed by atoms with E-state index in [1.807, 2.05) is 6.92 Å². The van der Waals surface area contributed by atoms with E-state index in [1.165, 1.54) is 89.9 Å². The van der Waals surface area contributed by atoms with E-state index < -0.39 is 0 Å². The maximum atomic E-state index is 11.8. The first-order valence-electron chi connectivity index (χ1n) is 11.4. The summed E-state index contributed by atoms with van der Waals surface area (Å²) in [5, 5.41) is 0. The molecule has 0 bridgehead atoms. The van der Waals surface area contributed by atoms with E-state index >= 15 is 0 Å². The summed E-state index contributed by atoms with van der Waals surface area (Å²) >= 11 is 0. The average molecular weight is 355 g/mol. The third-order valence-corrected chi connectivity index (χ3v) is 5.14. The lowest BCUT2D eigenvalue weighted by molar-refractivity contribution is -0.148. The van der Waals surface area contributed by atoms with Gasteiger partial charge in [0.15, 0.2) is 0 Å². The highest BCUT2D eigenvalue weighted by molar-refractivity contribution is 5.71. The molecule has 0 aromatic carbocycles. The lowest BCUT2D eigenvalue weighted by Crippen LogP contribution is -2.15. The van der Waals surface area contributed by atoms with Gasteiger partial charge in [0, 0.05) is 0 Å². The maximum Gasteiger partial charge on any atom is 0.308 e. The quantitative estimate of drug-likeness (QED) is 0.174. The summed E-state index contributed by atoms with van der Waals surface area (Å²) in [6.07, 6.45) is 22.1. The summed E-state index contributed by atoms with van der Waals surface area (Å²) in [6, 6.07) is 0. The molecule has 0 aromatic rings. The molecule has 0 saturated heterocycles. The highest BCUT2D eigenvalue weighted by atomic mass is 16.5. The van der Waals surface area contributed by atoms with Crippen LogP contribution in [0.15, 0.2) is 0 Å². The van der Waals surface area contributed by atoms with Gasteiger partial charge in [0.05, 0.1) is 12.5 Å². The minimum atomic E-state index is 0.00930. The summed E-state index contributed by atoms with van der Waals surface area (Å²) in [7, 11) is 0. The number of unbranched alkanes of at least 4 members (excludes halogenated alkanes) is 14. The predicted molar refractivity (Wildman–Crippen MR) is 110 cm³/mol. The second kappa shape index (κ2) is 19.8. The van der Waals surface area contributed by atoms with Crippen LogP contribution in [-0.4, -0.2) is 12.6 Å². The highest BCUT2D eigenvalue weighted by Crippen LogP contribution is 2.13. The van der Waals surface area contributed by atoms with Crippen molar-refractivity contribution in [1.82, 2.24) is 0 Å².